The van der Waals surface area contributed by atoms with Gasteiger partial charge in [-0.15, -0.1) is 0 Å². The monoisotopic (exact) mass is 321 g/mol. The Hall–Kier alpha value is -1.62. The van der Waals surface area contributed by atoms with Crippen LogP contribution in [0.5, 0.6) is 0 Å². The molecule has 1 aliphatic rings. The first-order valence-corrected chi connectivity index (χ1v) is 9.15. The summed E-state index contributed by atoms with van der Waals surface area (Å²) >= 11 is 0. The zero-order valence-electron chi connectivity index (χ0n) is 13.3. The minimum atomic E-state index is -3.10. The molecule has 120 valence electrons. The summed E-state index contributed by atoms with van der Waals surface area (Å²) in [7, 11) is -3.10. The summed E-state index contributed by atoms with van der Waals surface area (Å²) in [5.41, 5.74) is 2.04. The first-order valence-electron chi connectivity index (χ1n) is 7.43. The second-order valence-electron chi connectivity index (χ2n) is 6.66. The van der Waals surface area contributed by atoms with Crippen LogP contribution in [0, 0.1) is 12.8 Å². The number of hydrogen-bond donors (Lipinski definition) is 1. The molecule has 5 heteroatoms. The van der Waals surface area contributed by atoms with Gasteiger partial charge in [0, 0.05) is 23.3 Å². The zero-order valence-corrected chi connectivity index (χ0v) is 14.1. The van der Waals surface area contributed by atoms with Gasteiger partial charge in [0.25, 0.3) is 0 Å². The maximum Gasteiger partial charge on any atom is 0.221 e. The number of benzene rings is 1. The van der Waals surface area contributed by atoms with Gasteiger partial charge in [0.05, 0.1) is 5.75 Å². The number of amides is 1. The predicted molar refractivity (Wildman–Crippen MR) is 88.1 cm³/mol. The van der Waals surface area contributed by atoms with Crippen LogP contribution in [0.1, 0.15) is 31.4 Å². The summed E-state index contributed by atoms with van der Waals surface area (Å²) in [5, 5.41) is 4.23. The van der Waals surface area contributed by atoms with Gasteiger partial charge >= 0.3 is 0 Å². The minimum absolute atomic E-state index is 0.0403. The van der Waals surface area contributed by atoms with Crippen LogP contribution in [-0.4, -0.2) is 25.6 Å². The van der Waals surface area contributed by atoms with Crippen molar-refractivity contribution < 1.29 is 13.2 Å². The van der Waals surface area contributed by atoms with E-state index in [0.29, 0.717) is 0 Å². The first-order chi connectivity index (χ1) is 10.2. The molecule has 0 aromatic heterocycles. The van der Waals surface area contributed by atoms with Gasteiger partial charge in [0.15, 0.2) is 9.84 Å². The molecule has 0 spiro atoms. The van der Waals surface area contributed by atoms with Crippen LogP contribution < -0.4 is 5.32 Å². The molecule has 1 N–H and O–H groups in total. The molecule has 22 heavy (non-hydrogen) atoms. The molecule has 1 amide bonds. The molecule has 0 unspecified atom stereocenters. The van der Waals surface area contributed by atoms with Gasteiger partial charge in [-0.25, -0.2) is 8.42 Å². The molecule has 0 saturated heterocycles. The van der Waals surface area contributed by atoms with Gasteiger partial charge in [0.1, 0.15) is 0 Å². The van der Waals surface area contributed by atoms with Crippen molar-refractivity contribution in [2.75, 3.05) is 5.75 Å². The molecule has 2 rings (SSSR count). The van der Waals surface area contributed by atoms with E-state index in [1.54, 1.807) is 6.08 Å². The van der Waals surface area contributed by atoms with Crippen molar-refractivity contribution in [3.63, 3.8) is 0 Å². The molecule has 1 aliphatic heterocycles. The van der Waals surface area contributed by atoms with E-state index in [-0.39, 0.29) is 29.5 Å². The SMILES string of the molecule is Cc1ccccc1CC(C)(C)NC(=O)C[C@H]1C=CS(=O)(=O)C1. The number of aryl methyl sites for hydroxylation is 1. The van der Waals surface area contributed by atoms with E-state index in [2.05, 4.69) is 24.4 Å². The Morgan fingerprint density at radius 3 is 2.59 bits per heavy atom. The average molecular weight is 321 g/mol. The smallest absolute Gasteiger partial charge is 0.221 e. The highest BCUT2D eigenvalue weighted by Gasteiger charge is 2.27. The quantitative estimate of drug-likeness (QED) is 0.905. The van der Waals surface area contributed by atoms with E-state index in [4.69, 9.17) is 0 Å². The number of hydrogen-bond acceptors (Lipinski definition) is 3. The van der Waals surface area contributed by atoms with Crippen molar-refractivity contribution in [2.45, 2.75) is 39.2 Å². The number of allylic oxidation sites excluding steroid dienone is 1. The third-order valence-corrected chi connectivity index (χ3v) is 5.29. The molecule has 0 bridgehead atoms. The van der Waals surface area contributed by atoms with Crippen LogP contribution in [0.3, 0.4) is 0 Å². The molecule has 1 aromatic rings. The topological polar surface area (TPSA) is 63.2 Å². The molecule has 0 fully saturated rings. The zero-order chi connectivity index (χ0) is 16.4. The molecule has 4 nitrogen and oxygen atoms in total. The Bertz CT molecular complexity index is 690. The van der Waals surface area contributed by atoms with Crippen molar-refractivity contribution in [2.24, 2.45) is 5.92 Å². The molecular formula is C17H23NO3S. The van der Waals surface area contributed by atoms with Gasteiger partial charge < -0.3 is 5.32 Å². The number of nitrogens with one attached hydrogen (secondary N) is 1. The summed E-state index contributed by atoms with van der Waals surface area (Å²) in [6.45, 7) is 6.03. The first kappa shape index (κ1) is 16.7. The highest BCUT2D eigenvalue weighted by Crippen LogP contribution is 2.20. The molecule has 1 atom stereocenters. The van der Waals surface area contributed by atoms with Crippen LogP contribution in [-0.2, 0) is 21.1 Å². The Balaban J connectivity index is 1.93. The van der Waals surface area contributed by atoms with E-state index in [9.17, 15) is 13.2 Å². The second kappa shape index (κ2) is 6.24. The second-order valence-corrected chi connectivity index (χ2v) is 8.59. The van der Waals surface area contributed by atoms with Gasteiger partial charge in [0.2, 0.25) is 5.91 Å². The summed E-state index contributed by atoms with van der Waals surface area (Å²) in [6.07, 6.45) is 2.57. The van der Waals surface area contributed by atoms with Crippen LogP contribution in [0.15, 0.2) is 35.7 Å². The van der Waals surface area contributed by atoms with Crippen molar-refractivity contribution >= 4 is 15.7 Å². The van der Waals surface area contributed by atoms with Crippen molar-refractivity contribution in [1.29, 1.82) is 0 Å². The third-order valence-electron chi connectivity index (χ3n) is 3.82. The van der Waals surface area contributed by atoms with Gasteiger partial charge in [-0.2, -0.15) is 0 Å². The summed E-state index contributed by atoms with van der Waals surface area (Å²) in [5.74, 6) is -0.275. The fraction of sp³-hybridized carbons (Fsp3) is 0.471. The minimum Gasteiger partial charge on any atom is -0.351 e. The van der Waals surface area contributed by atoms with Crippen LogP contribution in [0.2, 0.25) is 0 Å². The van der Waals surface area contributed by atoms with E-state index in [1.165, 1.54) is 16.5 Å². The number of carbonyl (C=O) groups is 1. The highest BCUT2D eigenvalue weighted by molar-refractivity contribution is 7.94. The number of rotatable bonds is 5. The fourth-order valence-electron chi connectivity index (χ4n) is 2.76. The Labute approximate surface area is 132 Å². The van der Waals surface area contributed by atoms with E-state index in [1.807, 2.05) is 26.0 Å². The lowest BCUT2D eigenvalue weighted by Gasteiger charge is -2.27. The largest absolute Gasteiger partial charge is 0.351 e. The fourth-order valence-corrected chi connectivity index (χ4v) is 4.16. The van der Waals surface area contributed by atoms with Gasteiger partial charge in [-0.05, 0) is 38.3 Å². The van der Waals surface area contributed by atoms with Gasteiger partial charge in [-0.1, -0.05) is 30.3 Å². The Morgan fingerprint density at radius 1 is 1.32 bits per heavy atom. The molecule has 1 aromatic carbocycles. The maximum absolute atomic E-state index is 12.2. The van der Waals surface area contributed by atoms with Crippen LogP contribution >= 0.6 is 0 Å². The number of carbonyl (C=O) groups excluding carboxylic acids is 1. The number of sulfone groups is 1. The Morgan fingerprint density at radius 2 is 2.00 bits per heavy atom. The lowest BCUT2D eigenvalue weighted by Crippen LogP contribution is -2.45. The highest BCUT2D eigenvalue weighted by atomic mass is 32.2. The van der Waals surface area contributed by atoms with Crippen molar-refractivity contribution in [3.05, 3.63) is 46.9 Å². The predicted octanol–water partition coefficient (Wildman–Crippen LogP) is 2.38. The normalized spacial score (nSPS) is 20.0. The van der Waals surface area contributed by atoms with Crippen molar-refractivity contribution in [1.82, 2.24) is 5.32 Å². The molecule has 0 radical (unpaired) electrons. The average Bonchev–Trinajstić information content (AvgIpc) is 2.70. The Kier molecular flexibility index (Phi) is 4.75. The molecule has 1 heterocycles. The lowest BCUT2D eigenvalue weighted by atomic mass is 9.92. The summed E-state index contributed by atoms with van der Waals surface area (Å²) in [6, 6.07) is 8.11. The molecular weight excluding hydrogens is 298 g/mol. The van der Waals surface area contributed by atoms with Crippen LogP contribution in [0.4, 0.5) is 0 Å². The lowest BCUT2D eigenvalue weighted by molar-refractivity contribution is -0.123. The van der Waals surface area contributed by atoms with Crippen LogP contribution in [0.25, 0.3) is 0 Å². The van der Waals surface area contributed by atoms with E-state index >= 15 is 0 Å². The summed E-state index contributed by atoms with van der Waals surface area (Å²) < 4.78 is 22.7. The van der Waals surface area contributed by atoms with E-state index in [0.717, 1.165) is 6.42 Å². The summed E-state index contributed by atoms with van der Waals surface area (Å²) in [4.78, 5) is 12.2. The van der Waals surface area contributed by atoms with Crippen molar-refractivity contribution in [3.8, 4) is 0 Å². The van der Waals surface area contributed by atoms with Gasteiger partial charge in [-0.3, -0.25) is 4.79 Å². The maximum atomic E-state index is 12.2. The van der Waals surface area contributed by atoms with E-state index < -0.39 is 9.84 Å². The molecule has 0 saturated carbocycles. The standard InChI is InChI=1S/C17H23NO3S/c1-13-6-4-5-7-15(13)11-17(2,3)18-16(19)10-14-8-9-22(20,21)12-14/h4-9,14H,10-12H2,1-3H3,(H,18,19)/t14-/m1/s1. The third kappa shape index (κ3) is 4.70. The molecule has 0 aliphatic carbocycles.